The van der Waals surface area contributed by atoms with Crippen molar-refractivity contribution in [3.63, 3.8) is 0 Å². The van der Waals surface area contributed by atoms with Gasteiger partial charge in [-0.25, -0.2) is 4.39 Å². The molecule has 210 valence electrons. The van der Waals surface area contributed by atoms with Crippen LogP contribution in [-0.4, -0.2) is 85.6 Å². The van der Waals surface area contributed by atoms with Crippen LogP contribution in [0.25, 0.3) is 0 Å². The number of anilines is 1. The number of hydrogen-bond acceptors (Lipinski definition) is 10. The summed E-state index contributed by atoms with van der Waals surface area (Å²) >= 11 is 0. The molecule has 5 N–H and O–H groups in total. The molecule has 13 nitrogen and oxygen atoms in total. The van der Waals surface area contributed by atoms with Crippen molar-refractivity contribution in [1.82, 2.24) is 14.7 Å². The molecule has 14 heteroatoms. The molecule has 1 aromatic heterocycles. The van der Waals surface area contributed by atoms with Gasteiger partial charge in [0.25, 0.3) is 5.91 Å². The Balaban J connectivity index is 1.57. The number of aromatic nitrogens is 2. The fourth-order valence-corrected chi connectivity index (χ4v) is 6.44. The maximum absolute atomic E-state index is 15.3. The van der Waals surface area contributed by atoms with E-state index in [0.717, 1.165) is 6.07 Å². The number of fused-ring (bicyclic) bond motifs is 3. The molecule has 6 atom stereocenters. The number of nitrogens with one attached hydrogen (secondary N) is 1. The van der Waals surface area contributed by atoms with Crippen LogP contribution in [0.2, 0.25) is 0 Å². The van der Waals surface area contributed by atoms with Gasteiger partial charge in [0.1, 0.15) is 11.6 Å². The summed E-state index contributed by atoms with van der Waals surface area (Å²) in [6.45, 7) is 0. The summed E-state index contributed by atoms with van der Waals surface area (Å²) in [4.78, 5) is 79.8. The van der Waals surface area contributed by atoms with Gasteiger partial charge in [-0.3, -0.25) is 38.3 Å². The van der Waals surface area contributed by atoms with Gasteiger partial charge in [-0.05, 0) is 38.9 Å². The van der Waals surface area contributed by atoms with E-state index in [-0.39, 0.29) is 24.1 Å². The highest BCUT2D eigenvalue weighted by Crippen LogP contribution is 2.51. The Bertz CT molecular complexity index is 1530. The van der Waals surface area contributed by atoms with Crippen LogP contribution in [0, 0.1) is 29.5 Å². The normalized spacial score (nSPS) is 29.6. The maximum Gasteiger partial charge on any atom is 0.276 e. The van der Waals surface area contributed by atoms with Crippen LogP contribution in [0.3, 0.4) is 0 Å². The molecule has 0 bridgehead atoms. The zero-order chi connectivity index (χ0) is 29.4. The van der Waals surface area contributed by atoms with Gasteiger partial charge in [0, 0.05) is 30.8 Å². The Labute approximate surface area is 226 Å². The zero-order valence-electron chi connectivity index (χ0n) is 21.7. The minimum absolute atomic E-state index is 0.0491. The second-order valence-corrected chi connectivity index (χ2v) is 10.7. The summed E-state index contributed by atoms with van der Waals surface area (Å²) < 4.78 is 16.7. The first kappa shape index (κ1) is 27.3. The predicted molar refractivity (Wildman–Crippen MR) is 132 cm³/mol. The van der Waals surface area contributed by atoms with Gasteiger partial charge in [-0.15, -0.1) is 0 Å². The number of benzene rings is 1. The quantitative estimate of drug-likeness (QED) is 0.267. The smallest absolute Gasteiger partial charge is 0.276 e. The summed E-state index contributed by atoms with van der Waals surface area (Å²) in [7, 11) is 4.50. The number of nitrogens with two attached hydrogens (primary N) is 1. The minimum Gasteiger partial charge on any atom is -0.505 e. The number of likely N-dealkylation sites (N-methyl/N-ethyl adjacent to an activating group) is 1. The van der Waals surface area contributed by atoms with Crippen LogP contribution in [0.15, 0.2) is 18.3 Å². The number of rotatable bonds is 4. The average molecular weight is 556 g/mol. The number of amides is 2. The topological polar surface area (TPSA) is 202 Å². The molecule has 2 aromatic rings. The number of hydrogen-bond donors (Lipinski definition) is 4. The second-order valence-electron chi connectivity index (χ2n) is 10.7. The summed E-state index contributed by atoms with van der Waals surface area (Å²) in [6, 6.07) is 0.960. The molecule has 5 rings (SSSR count). The Hall–Kier alpha value is -4.30. The molecule has 2 unspecified atom stereocenters. The third-order valence-electron chi connectivity index (χ3n) is 8.20. The van der Waals surface area contributed by atoms with Crippen molar-refractivity contribution in [2.75, 3.05) is 19.4 Å². The molecule has 3 aliphatic rings. The Morgan fingerprint density at radius 3 is 2.48 bits per heavy atom. The summed E-state index contributed by atoms with van der Waals surface area (Å²) in [6.07, 6.45) is 1.05. The number of carbonyl (C=O) groups is 6. The van der Waals surface area contributed by atoms with Crippen LogP contribution in [0.4, 0.5) is 10.1 Å². The number of phenols is 1. The lowest BCUT2D eigenvalue weighted by molar-refractivity contribution is -0.181. The number of nitrogens with zero attached hydrogens (tertiary/aromatic N) is 3. The van der Waals surface area contributed by atoms with E-state index < -0.39 is 93.1 Å². The van der Waals surface area contributed by atoms with Crippen LogP contribution >= 0.6 is 0 Å². The van der Waals surface area contributed by atoms with E-state index >= 15 is 4.39 Å². The Morgan fingerprint density at radius 2 is 1.90 bits per heavy atom. The van der Waals surface area contributed by atoms with Crippen molar-refractivity contribution in [2.24, 2.45) is 36.5 Å². The van der Waals surface area contributed by atoms with Gasteiger partial charge in [-0.1, -0.05) is 0 Å². The van der Waals surface area contributed by atoms with Gasteiger partial charge >= 0.3 is 0 Å². The molecule has 0 spiro atoms. The monoisotopic (exact) mass is 555 g/mol. The largest absolute Gasteiger partial charge is 0.505 e. The lowest BCUT2D eigenvalue weighted by Crippen LogP contribution is -2.74. The summed E-state index contributed by atoms with van der Waals surface area (Å²) in [5, 5.41) is 28.7. The highest BCUT2D eigenvalue weighted by Gasteiger charge is 2.69. The third-order valence-corrected chi connectivity index (χ3v) is 8.20. The lowest BCUT2D eigenvalue weighted by Gasteiger charge is -2.52. The highest BCUT2D eigenvalue weighted by atomic mass is 19.1. The first-order chi connectivity index (χ1) is 18.7. The Kier molecular flexibility index (Phi) is 6.23. The van der Waals surface area contributed by atoms with Crippen molar-refractivity contribution in [1.29, 1.82) is 0 Å². The molecule has 0 radical (unpaired) electrons. The van der Waals surface area contributed by atoms with E-state index in [0.29, 0.717) is 0 Å². The molecule has 2 fully saturated rings. The van der Waals surface area contributed by atoms with Crippen molar-refractivity contribution >= 4 is 40.6 Å². The molecule has 40 heavy (non-hydrogen) atoms. The second kappa shape index (κ2) is 9.13. The van der Waals surface area contributed by atoms with Gasteiger partial charge in [0.15, 0.2) is 40.3 Å². The number of ketones is 4. The molecule has 1 heterocycles. The average Bonchev–Trinajstić information content (AvgIpc) is 3.30. The fraction of sp³-hybridized carbons (Fsp3) is 0.423. The van der Waals surface area contributed by atoms with Crippen LogP contribution in [0.5, 0.6) is 5.75 Å². The molecule has 3 aliphatic carbocycles. The molecule has 0 saturated heterocycles. The first-order valence-corrected chi connectivity index (χ1v) is 12.4. The first-order valence-electron chi connectivity index (χ1n) is 12.4. The van der Waals surface area contributed by atoms with Crippen LogP contribution in [-0.2, 0) is 32.6 Å². The maximum atomic E-state index is 15.3. The van der Waals surface area contributed by atoms with E-state index in [1.807, 2.05) is 0 Å². The number of aromatic hydroxyl groups is 1. The van der Waals surface area contributed by atoms with Crippen molar-refractivity contribution in [3.05, 3.63) is 41.0 Å². The number of carbonyl (C=O) groups excluding carboxylic acids is 6. The van der Waals surface area contributed by atoms with Crippen molar-refractivity contribution in [3.8, 4) is 5.75 Å². The highest BCUT2D eigenvalue weighted by molar-refractivity contribution is 6.32. The van der Waals surface area contributed by atoms with Gasteiger partial charge < -0.3 is 21.3 Å². The number of primary amides is 1. The van der Waals surface area contributed by atoms with Crippen molar-refractivity contribution < 1.29 is 43.4 Å². The lowest BCUT2D eigenvalue weighted by atomic mass is 9.52. The van der Waals surface area contributed by atoms with Crippen molar-refractivity contribution in [2.45, 2.75) is 24.5 Å². The molecule has 2 amide bonds. The third kappa shape index (κ3) is 3.70. The van der Waals surface area contributed by atoms with E-state index in [1.54, 1.807) is 7.05 Å². The number of aryl methyl sites for hydroxylation is 1. The van der Waals surface area contributed by atoms with E-state index in [9.17, 15) is 39.0 Å². The number of phenolic OH excluding ortho intramolecular Hbond substituents is 1. The van der Waals surface area contributed by atoms with Crippen LogP contribution in [0.1, 0.15) is 32.8 Å². The van der Waals surface area contributed by atoms with Gasteiger partial charge in [0.2, 0.25) is 5.91 Å². The minimum atomic E-state index is -2.89. The standard InChI is InChI=1S/C26H26FN5O8/c1-31(2)18-11-7-9-6-10-12(27)8-14(29-25(39)13-4-5-32(3)30-13)19(33)16(10)20(34)15(9)22(36)26(11,40)23(37)17(21(18)35)24(28)38/h4-5,8-9,11,15,17-18,33,40H,6-7H2,1-3H3,(H2,28,38)(H,29,39)/t9-,11-,15?,17?,18-,26-/m0/s1. The molecular formula is C26H26FN5O8. The summed E-state index contributed by atoms with van der Waals surface area (Å²) in [5.41, 5.74) is 1.13. The molecule has 1 aromatic carbocycles. The SMILES string of the molecule is CN(C)[C@@H]1C(=O)C(C(N)=O)C(=O)[C@@]2(O)C(=O)C3C(=O)c4c(O)c(NC(=O)c5ccn(C)n5)cc(F)c4C[C@H]3C[C@@H]12. The van der Waals surface area contributed by atoms with Gasteiger partial charge in [-0.2, -0.15) is 5.10 Å². The van der Waals surface area contributed by atoms with E-state index in [1.165, 1.54) is 35.9 Å². The molecule has 2 saturated carbocycles. The number of halogens is 1. The zero-order valence-corrected chi connectivity index (χ0v) is 21.7. The molecule has 0 aliphatic heterocycles. The molecular weight excluding hydrogens is 529 g/mol. The summed E-state index contributed by atoms with van der Waals surface area (Å²) in [5.74, 6) is -14.5. The van der Waals surface area contributed by atoms with E-state index in [4.69, 9.17) is 5.73 Å². The number of aliphatic hydroxyl groups is 1. The fourth-order valence-electron chi connectivity index (χ4n) is 6.44. The Morgan fingerprint density at radius 1 is 1.23 bits per heavy atom. The number of Topliss-reactive ketones (excluding diaryl/α,β-unsaturated/α-hetero) is 4. The van der Waals surface area contributed by atoms with Gasteiger partial charge in [0.05, 0.1) is 23.2 Å². The predicted octanol–water partition coefficient (Wildman–Crippen LogP) is -1.01. The van der Waals surface area contributed by atoms with E-state index in [2.05, 4.69) is 10.4 Å². The van der Waals surface area contributed by atoms with Crippen LogP contribution < -0.4 is 11.1 Å².